The summed E-state index contributed by atoms with van der Waals surface area (Å²) in [6.07, 6.45) is 0.0859. The molecular formula is C22H25Cl2N3O4. The first-order valence-electron chi connectivity index (χ1n) is 9.91. The molecule has 2 aromatic rings. The zero-order chi connectivity index (χ0) is 22.4. The lowest BCUT2D eigenvalue weighted by atomic mass is 10.1. The van der Waals surface area contributed by atoms with Crippen LogP contribution in [0.5, 0.6) is 11.5 Å². The number of piperazine rings is 1. The monoisotopic (exact) mass is 465 g/mol. The predicted molar refractivity (Wildman–Crippen MR) is 122 cm³/mol. The van der Waals surface area contributed by atoms with Crippen LogP contribution in [0.15, 0.2) is 36.4 Å². The number of hydrogen-bond acceptors (Lipinski definition) is 5. The van der Waals surface area contributed by atoms with E-state index < -0.39 is 0 Å². The number of likely N-dealkylation sites (N-methyl/N-ethyl adjacent to an activating group) is 1. The standard InChI is InChI=1S/C22H25Cl2N3O4/c1-26-9-11-27(12-10-26)22(29)15-6-7-18(30-2)17(14-15)25-20(28)8-13-31-19-5-3-4-16(23)21(19)24/h3-7,14H,8-13H2,1-2H3,(H,25,28). The number of benzene rings is 2. The van der Waals surface area contributed by atoms with E-state index >= 15 is 0 Å². The number of carbonyl (C=O) groups excluding carboxylic acids is 2. The van der Waals surface area contributed by atoms with E-state index in [0.29, 0.717) is 45.9 Å². The summed E-state index contributed by atoms with van der Waals surface area (Å²) < 4.78 is 10.9. The highest BCUT2D eigenvalue weighted by atomic mass is 35.5. The van der Waals surface area contributed by atoms with Crippen molar-refractivity contribution in [3.05, 3.63) is 52.0 Å². The van der Waals surface area contributed by atoms with Crippen molar-refractivity contribution in [1.29, 1.82) is 0 Å². The fourth-order valence-corrected chi connectivity index (χ4v) is 3.54. The van der Waals surface area contributed by atoms with E-state index in [4.69, 9.17) is 32.7 Å². The minimum absolute atomic E-state index is 0.0646. The van der Waals surface area contributed by atoms with Crippen LogP contribution in [0, 0.1) is 0 Å². The molecule has 31 heavy (non-hydrogen) atoms. The van der Waals surface area contributed by atoms with Gasteiger partial charge in [0.2, 0.25) is 5.91 Å². The second-order valence-corrected chi connectivity index (χ2v) is 7.99. The molecule has 0 atom stereocenters. The highest BCUT2D eigenvalue weighted by molar-refractivity contribution is 6.42. The average Bonchev–Trinajstić information content (AvgIpc) is 2.76. The Morgan fingerprint density at radius 3 is 2.52 bits per heavy atom. The molecule has 0 bridgehead atoms. The van der Waals surface area contributed by atoms with Crippen LogP contribution in [0.1, 0.15) is 16.8 Å². The van der Waals surface area contributed by atoms with Crippen molar-refractivity contribution in [2.45, 2.75) is 6.42 Å². The van der Waals surface area contributed by atoms with Gasteiger partial charge < -0.3 is 24.6 Å². The first kappa shape index (κ1) is 23.2. The summed E-state index contributed by atoms with van der Waals surface area (Å²) in [4.78, 5) is 29.3. The summed E-state index contributed by atoms with van der Waals surface area (Å²) in [5.41, 5.74) is 0.941. The Bertz CT molecular complexity index is 946. The normalized spacial score (nSPS) is 14.3. The first-order chi connectivity index (χ1) is 14.9. The molecule has 2 aromatic carbocycles. The Morgan fingerprint density at radius 2 is 1.81 bits per heavy atom. The topological polar surface area (TPSA) is 71.1 Å². The number of halogens is 2. The second kappa shape index (κ2) is 10.7. The third-order valence-electron chi connectivity index (χ3n) is 5.01. The fourth-order valence-electron chi connectivity index (χ4n) is 3.19. The number of nitrogens with zero attached hydrogens (tertiary/aromatic N) is 2. The maximum atomic E-state index is 12.8. The van der Waals surface area contributed by atoms with E-state index in [0.717, 1.165) is 13.1 Å². The number of nitrogens with one attached hydrogen (secondary N) is 1. The van der Waals surface area contributed by atoms with E-state index in [-0.39, 0.29) is 24.8 Å². The number of hydrogen-bond donors (Lipinski definition) is 1. The highest BCUT2D eigenvalue weighted by Crippen LogP contribution is 2.31. The van der Waals surface area contributed by atoms with E-state index in [1.54, 1.807) is 36.4 Å². The van der Waals surface area contributed by atoms with Gasteiger partial charge in [0, 0.05) is 31.7 Å². The van der Waals surface area contributed by atoms with Gasteiger partial charge in [-0.2, -0.15) is 0 Å². The molecule has 9 heteroatoms. The van der Waals surface area contributed by atoms with Gasteiger partial charge in [-0.05, 0) is 37.4 Å². The van der Waals surface area contributed by atoms with E-state index in [1.807, 2.05) is 11.9 Å². The molecule has 1 heterocycles. The van der Waals surface area contributed by atoms with Crippen molar-refractivity contribution in [2.75, 3.05) is 52.3 Å². The zero-order valence-corrected chi connectivity index (χ0v) is 19.0. The molecule has 0 spiro atoms. The molecule has 0 aromatic heterocycles. The molecule has 1 aliphatic rings. The Morgan fingerprint density at radius 1 is 1.06 bits per heavy atom. The van der Waals surface area contributed by atoms with Gasteiger partial charge in [0.05, 0.1) is 30.8 Å². The van der Waals surface area contributed by atoms with Gasteiger partial charge in [-0.25, -0.2) is 0 Å². The molecule has 166 valence electrons. The average molecular weight is 466 g/mol. The molecule has 1 N–H and O–H groups in total. The molecule has 3 rings (SSSR count). The number of ether oxygens (including phenoxy) is 2. The van der Waals surface area contributed by atoms with Crippen LogP contribution >= 0.6 is 23.2 Å². The van der Waals surface area contributed by atoms with E-state index in [2.05, 4.69) is 10.2 Å². The minimum atomic E-state index is -0.277. The first-order valence-corrected chi connectivity index (χ1v) is 10.7. The van der Waals surface area contributed by atoms with E-state index in [1.165, 1.54) is 7.11 Å². The van der Waals surface area contributed by atoms with Crippen molar-refractivity contribution >= 4 is 40.7 Å². The summed E-state index contributed by atoms with van der Waals surface area (Å²) in [5, 5.41) is 3.49. The smallest absolute Gasteiger partial charge is 0.254 e. The lowest BCUT2D eigenvalue weighted by Crippen LogP contribution is -2.47. The molecule has 0 aliphatic carbocycles. The number of rotatable bonds is 7. The van der Waals surface area contributed by atoms with Crippen molar-refractivity contribution in [3.8, 4) is 11.5 Å². The lowest BCUT2D eigenvalue weighted by molar-refractivity contribution is -0.116. The van der Waals surface area contributed by atoms with Crippen LogP contribution in [0.3, 0.4) is 0 Å². The van der Waals surface area contributed by atoms with Crippen LogP contribution in [-0.4, -0.2) is 68.6 Å². The van der Waals surface area contributed by atoms with E-state index in [9.17, 15) is 9.59 Å². The fraction of sp³-hybridized carbons (Fsp3) is 0.364. The second-order valence-electron chi connectivity index (χ2n) is 7.21. The molecule has 2 amide bonds. The van der Waals surface area contributed by atoms with Gasteiger partial charge in [0.25, 0.3) is 5.91 Å². The molecule has 0 unspecified atom stereocenters. The molecule has 0 saturated carbocycles. The third kappa shape index (κ3) is 6.03. The van der Waals surface area contributed by atoms with Crippen LogP contribution in [-0.2, 0) is 4.79 Å². The molecule has 1 fully saturated rings. The number of methoxy groups -OCH3 is 1. The summed E-state index contributed by atoms with van der Waals surface area (Å²) in [5.74, 6) is 0.548. The Kier molecular flexibility index (Phi) is 8.01. The Hall–Kier alpha value is -2.48. The maximum Gasteiger partial charge on any atom is 0.254 e. The van der Waals surface area contributed by atoms with Gasteiger partial charge in [-0.1, -0.05) is 29.3 Å². The number of amides is 2. The lowest BCUT2D eigenvalue weighted by Gasteiger charge is -2.32. The van der Waals surface area contributed by atoms with Crippen LogP contribution in [0.4, 0.5) is 5.69 Å². The highest BCUT2D eigenvalue weighted by Gasteiger charge is 2.21. The predicted octanol–water partition coefficient (Wildman–Crippen LogP) is 3.80. The number of anilines is 1. The van der Waals surface area contributed by atoms with Crippen molar-refractivity contribution in [1.82, 2.24) is 9.80 Å². The quantitative estimate of drug-likeness (QED) is 0.673. The molecule has 1 saturated heterocycles. The zero-order valence-electron chi connectivity index (χ0n) is 17.5. The number of carbonyl (C=O) groups is 2. The van der Waals surface area contributed by atoms with Crippen molar-refractivity contribution in [2.24, 2.45) is 0 Å². The summed E-state index contributed by atoms with van der Waals surface area (Å²) in [7, 11) is 3.55. The van der Waals surface area contributed by atoms with Crippen LogP contribution in [0.25, 0.3) is 0 Å². The Labute approximate surface area is 191 Å². The van der Waals surface area contributed by atoms with Gasteiger partial charge >= 0.3 is 0 Å². The molecule has 0 radical (unpaired) electrons. The summed E-state index contributed by atoms with van der Waals surface area (Å²) in [6.45, 7) is 3.14. The summed E-state index contributed by atoms with van der Waals surface area (Å²) >= 11 is 12.0. The van der Waals surface area contributed by atoms with Gasteiger partial charge in [0.1, 0.15) is 16.5 Å². The summed E-state index contributed by atoms with van der Waals surface area (Å²) in [6, 6.07) is 10.1. The largest absolute Gasteiger partial charge is 0.495 e. The molecular weight excluding hydrogens is 441 g/mol. The van der Waals surface area contributed by atoms with Gasteiger partial charge in [-0.15, -0.1) is 0 Å². The van der Waals surface area contributed by atoms with Crippen molar-refractivity contribution < 1.29 is 19.1 Å². The van der Waals surface area contributed by atoms with Crippen LogP contribution < -0.4 is 14.8 Å². The van der Waals surface area contributed by atoms with Gasteiger partial charge in [0.15, 0.2) is 0 Å². The SMILES string of the molecule is COc1ccc(C(=O)N2CCN(C)CC2)cc1NC(=O)CCOc1cccc(Cl)c1Cl. The third-order valence-corrected chi connectivity index (χ3v) is 5.82. The molecule has 1 aliphatic heterocycles. The minimum Gasteiger partial charge on any atom is -0.495 e. The van der Waals surface area contributed by atoms with Gasteiger partial charge in [-0.3, -0.25) is 9.59 Å². The van der Waals surface area contributed by atoms with Crippen LogP contribution in [0.2, 0.25) is 10.0 Å². The maximum absolute atomic E-state index is 12.8. The Balaban J connectivity index is 1.61. The molecule has 7 nitrogen and oxygen atoms in total. The van der Waals surface area contributed by atoms with Crippen molar-refractivity contribution in [3.63, 3.8) is 0 Å².